The smallest absolute Gasteiger partial charge is 0.323 e. The molecule has 4 nitrogen and oxygen atoms in total. The van der Waals surface area contributed by atoms with Crippen molar-refractivity contribution < 1.29 is 14.3 Å². The van der Waals surface area contributed by atoms with Crippen LogP contribution >= 0.6 is 12.4 Å². The van der Waals surface area contributed by atoms with Gasteiger partial charge in [0.2, 0.25) is 0 Å². The summed E-state index contributed by atoms with van der Waals surface area (Å²) in [6, 6.07) is 14.5. The van der Waals surface area contributed by atoms with E-state index in [0.717, 1.165) is 22.6 Å². The van der Waals surface area contributed by atoms with Crippen LogP contribution in [0.5, 0.6) is 11.5 Å². The molecule has 1 unspecified atom stereocenters. The highest BCUT2D eigenvalue weighted by Gasteiger charge is 2.35. The fourth-order valence-electron chi connectivity index (χ4n) is 2.71. The van der Waals surface area contributed by atoms with Gasteiger partial charge in [0.1, 0.15) is 17.5 Å². The maximum absolute atomic E-state index is 12.1. The van der Waals surface area contributed by atoms with E-state index in [9.17, 15) is 4.79 Å². The van der Waals surface area contributed by atoms with Crippen molar-refractivity contribution in [2.24, 2.45) is 5.73 Å². The molecule has 2 N–H and O–H groups in total. The molecule has 1 aliphatic rings. The van der Waals surface area contributed by atoms with Gasteiger partial charge < -0.3 is 15.2 Å². The Labute approximate surface area is 135 Å². The Balaban J connectivity index is 0.00000176. The summed E-state index contributed by atoms with van der Waals surface area (Å²) in [6.45, 7) is 2.09. The van der Waals surface area contributed by atoms with Gasteiger partial charge in [0.25, 0.3) is 0 Å². The molecule has 0 amide bonds. The zero-order chi connectivity index (χ0) is 14.8. The minimum absolute atomic E-state index is 0. The van der Waals surface area contributed by atoms with E-state index >= 15 is 0 Å². The van der Waals surface area contributed by atoms with Crippen LogP contribution in [-0.4, -0.2) is 18.6 Å². The van der Waals surface area contributed by atoms with Gasteiger partial charge in [0.15, 0.2) is 0 Å². The molecular formula is C17H18ClNO3. The lowest BCUT2D eigenvalue weighted by Gasteiger charge is -2.30. The van der Waals surface area contributed by atoms with E-state index in [-0.39, 0.29) is 18.3 Å². The molecule has 0 fully saturated rings. The number of fused-ring (bicyclic) bond motifs is 2. The lowest BCUT2D eigenvalue weighted by atomic mass is 9.83. The van der Waals surface area contributed by atoms with Gasteiger partial charge in [-0.1, -0.05) is 36.4 Å². The summed E-state index contributed by atoms with van der Waals surface area (Å²) in [7, 11) is 0. The molecule has 0 aromatic heterocycles. The van der Waals surface area contributed by atoms with Gasteiger partial charge in [-0.2, -0.15) is 0 Å². The van der Waals surface area contributed by atoms with Crippen LogP contribution in [0.15, 0.2) is 48.5 Å². The molecule has 5 heteroatoms. The van der Waals surface area contributed by atoms with Gasteiger partial charge in [0, 0.05) is 17.0 Å². The van der Waals surface area contributed by atoms with Crippen LogP contribution in [0.25, 0.3) is 0 Å². The van der Waals surface area contributed by atoms with Gasteiger partial charge in [-0.15, -0.1) is 12.4 Å². The standard InChI is InChI=1S/C17H17NO3.ClH/c1-2-20-17(19)16(18)15-11-7-3-5-9-13(11)21-14-10-6-4-8-12(14)15;/h3-10,15-16H,2,18H2,1H3;1H. The van der Waals surface area contributed by atoms with Gasteiger partial charge in [-0.25, -0.2) is 0 Å². The molecule has 2 aromatic rings. The molecule has 0 aliphatic carbocycles. The Bertz CT molecular complexity index is 629. The molecule has 0 bridgehead atoms. The largest absolute Gasteiger partial charge is 0.465 e. The third-order valence-electron chi connectivity index (χ3n) is 3.65. The lowest BCUT2D eigenvalue weighted by molar-refractivity contribution is -0.145. The van der Waals surface area contributed by atoms with Crippen LogP contribution in [0, 0.1) is 0 Å². The molecule has 1 aliphatic heterocycles. The average molecular weight is 320 g/mol. The third-order valence-corrected chi connectivity index (χ3v) is 3.65. The Morgan fingerprint density at radius 3 is 2.14 bits per heavy atom. The Hall–Kier alpha value is -2.04. The number of ether oxygens (including phenoxy) is 2. The Kier molecular flexibility index (Phi) is 5.06. The number of carbonyl (C=O) groups excluding carboxylic acids is 1. The van der Waals surface area contributed by atoms with E-state index in [4.69, 9.17) is 15.2 Å². The van der Waals surface area contributed by atoms with Crippen molar-refractivity contribution in [2.45, 2.75) is 18.9 Å². The first-order valence-electron chi connectivity index (χ1n) is 7.00. The van der Waals surface area contributed by atoms with Crippen molar-refractivity contribution in [2.75, 3.05) is 6.61 Å². The van der Waals surface area contributed by atoms with Crippen molar-refractivity contribution in [1.29, 1.82) is 0 Å². The zero-order valence-corrected chi connectivity index (χ0v) is 13.0. The van der Waals surface area contributed by atoms with Crippen LogP contribution in [0.2, 0.25) is 0 Å². The highest BCUT2D eigenvalue weighted by Crippen LogP contribution is 2.45. The highest BCUT2D eigenvalue weighted by molar-refractivity contribution is 5.85. The first-order valence-corrected chi connectivity index (χ1v) is 7.00. The number of carbonyl (C=O) groups is 1. The summed E-state index contributed by atoms with van der Waals surface area (Å²) in [5.41, 5.74) is 8.00. The molecule has 0 saturated carbocycles. The molecule has 0 spiro atoms. The SMILES string of the molecule is CCOC(=O)C(N)C1c2ccccc2Oc2ccccc21.Cl. The molecular weight excluding hydrogens is 302 g/mol. The predicted octanol–water partition coefficient (Wildman–Crippen LogP) is 3.24. The monoisotopic (exact) mass is 319 g/mol. The van der Waals surface area contributed by atoms with Crippen molar-refractivity contribution >= 4 is 18.4 Å². The zero-order valence-electron chi connectivity index (χ0n) is 12.2. The van der Waals surface area contributed by atoms with E-state index in [1.54, 1.807) is 6.92 Å². The fourth-order valence-corrected chi connectivity index (χ4v) is 2.71. The van der Waals surface area contributed by atoms with Crippen LogP contribution < -0.4 is 10.5 Å². The second-order valence-electron chi connectivity index (χ2n) is 4.93. The second-order valence-corrected chi connectivity index (χ2v) is 4.93. The van der Waals surface area contributed by atoms with Gasteiger partial charge in [-0.3, -0.25) is 4.79 Å². The van der Waals surface area contributed by atoms with Crippen molar-refractivity contribution in [3.05, 3.63) is 59.7 Å². The summed E-state index contributed by atoms with van der Waals surface area (Å²) < 4.78 is 11.0. The number of rotatable bonds is 3. The number of hydrogen-bond donors (Lipinski definition) is 1. The van der Waals surface area contributed by atoms with E-state index in [2.05, 4.69) is 0 Å². The van der Waals surface area contributed by atoms with E-state index in [1.807, 2.05) is 48.5 Å². The molecule has 3 rings (SSSR count). The fraction of sp³-hybridized carbons (Fsp3) is 0.235. The molecule has 0 radical (unpaired) electrons. The van der Waals surface area contributed by atoms with Crippen LogP contribution in [0.3, 0.4) is 0 Å². The second kappa shape index (κ2) is 6.81. The van der Waals surface area contributed by atoms with E-state index in [0.29, 0.717) is 6.61 Å². The van der Waals surface area contributed by atoms with Crippen LogP contribution in [-0.2, 0) is 9.53 Å². The number of esters is 1. The topological polar surface area (TPSA) is 61.5 Å². The first-order chi connectivity index (χ1) is 10.2. The third kappa shape index (κ3) is 2.80. The van der Waals surface area contributed by atoms with Crippen LogP contribution in [0.1, 0.15) is 24.0 Å². The van der Waals surface area contributed by atoms with Gasteiger partial charge in [0.05, 0.1) is 6.61 Å². The van der Waals surface area contributed by atoms with Crippen molar-refractivity contribution in [1.82, 2.24) is 0 Å². The van der Waals surface area contributed by atoms with Crippen molar-refractivity contribution in [3.8, 4) is 11.5 Å². The minimum Gasteiger partial charge on any atom is -0.465 e. The quantitative estimate of drug-likeness (QED) is 0.882. The predicted molar refractivity (Wildman–Crippen MR) is 86.7 cm³/mol. The summed E-state index contributed by atoms with van der Waals surface area (Å²) >= 11 is 0. The molecule has 1 atom stereocenters. The number of hydrogen-bond acceptors (Lipinski definition) is 4. The number of benzene rings is 2. The normalized spacial score (nSPS) is 13.9. The summed E-state index contributed by atoms with van der Waals surface area (Å²) in [6.07, 6.45) is 0. The average Bonchev–Trinajstić information content (AvgIpc) is 2.52. The summed E-state index contributed by atoms with van der Waals surface area (Å²) in [5, 5.41) is 0. The minimum atomic E-state index is -0.754. The Morgan fingerprint density at radius 2 is 1.64 bits per heavy atom. The summed E-state index contributed by atoms with van der Waals surface area (Å²) in [4.78, 5) is 12.1. The lowest BCUT2D eigenvalue weighted by Crippen LogP contribution is -2.39. The first kappa shape index (κ1) is 16.3. The number of para-hydroxylation sites is 2. The molecule has 2 aromatic carbocycles. The van der Waals surface area contributed by atoms with Crippen molar-refractivity contribution in [3.63, 3.8) is 0 Å². The number of nitrogens with two attached hydrogens (primary N) is 1. The Morgan fingerprint density at radius 1 is 1.14 bits per heavy atom. The molecule has 0 saturated heterocycles. The molecule has 1 heterocycles. The van der Waals surface area contributed by atoms with E-state index < -0.39 is 12.0 Å². The maximum Gasteiger partial charge on any atom is 0.323 e. The summed E-state index contributed by atoms with van der Waals surface area (Å²) in [5.74, 6) is 0.820. The molecule has 116 valence electrons. The highest BCUT2D eigenvalue weighted by atomic mass is 35.5. The van der Waals surface area contributed by atoms with E-state index in [1.165, 1.54) is 0 Å². The number of halogens is 1. The maximum atomic E-state index is 12.1. The van der Waals surface area contributed by atoms with Crippen LogP contribution in [0.4, 0.5) is 0 Å². The molecule has 22 heavy (non-hydrogen) atoms. The van der Waals surface area contributed by atoms with Gasteiger partial charge >= 0.3 is 5.97 Å². The van der Waals surface area contributed by atoms with Gasteiger partial charge in [-0.05, 0) is 19.1 Å².